The molecular formula is C20H30O2. The van der Waals surface area contributed by atoms with Gasteiger partial charge in [0.15, 0.2) is 0 Å². The molecule has 2 aliphatic rings. The van der Waals surface area contributed by atoms with E-state index >= 15 is 0 Å². The minimum absolute atomic E-state index is 0.147. The summed E-state index contributed by atoms with van der Waals surface area (Å²) in [6.45, 7) is 10.7. The quantitative estimate of drug-likeness (QED) is 0.805. The highest BCUT2D eigenvalue weighted by Gasteiger charge is 2.51. The number of hydrogen-bond acceptors (Lipinski definition) is 2. The molecule has 122 valence electrons. The molecule has 1 saturated carbocycles. The Balaban J connectivity index is 2.13. The van der Waals surface area contributed by atoms with Gasteiger partial charge in [0.1, 0.15) is 0 Å². The van der Waals surface area contributed by atoms with Crippen LogP contribution in [0.1, 0.15) is 83.1 Å². The van der Waals surface area contributed by atoms with Crippen LogP contribution >= 0.6 is 0 Å². The zero-order chi connectivity index (χ0) is 16.3. The van der Waals surface area contributed by atoms with Crippen molar-refractivity contribution < 1.29 is 10.2 Å². The maximum Gasteiger partial charge on any atom is 0.0840 e. The van der Waals surface area contributed by atoms with Crippen molar-refractivity contribution in [3.63, 3.8) is 0 Å². The van der Waals surface area contributed by atoms with Crippen molar-refractivity contribution in [2.75, 3.05) is 0 Å². The normalized spacial score (nSPS) is 34.0. The highest BCUT2D eigenvalue weighted by atomic mass is 16.3. The Labute approximate surface area is 134 Å². The van der Waals surface area contributed by atoms with E-state index in [1.807, 2.05) is 12.1 Å². The lowest BCUT2D eigenvalue weighted by Gasteiger charge is -2.55. The van der Waals surface area contributed by atoms with Crippen LogP contribution in [-0.4, -0.2) is 10.2 Å². The van der Waals surface area contributed by atoms with Gasteiger partial charge in [0.05, 0.1) is 11.7 Å². The second-order valence-corrected chi connectivity index (χ2v) is 8.92. The molecule has 0 amide bonds. The highest BCUT2D eigenvalue weighted by Crippen LogP contribution is 2.59. The van der Waals surface area contributed by atoms with Gasteiger partial charge in [0.25, 0.3) is 0 Å². The predicted octanol–water partition coefficient (Wildman–Crippen LogP) is 4.44. The maximum absolute atomic E-state index is 10.8. The zero-order valence-corrected chi connectivity index (χ0v) is 14.6. The van der Waals surface area contributed by atoms with Crippen LogP contribution in [0.4, 0.5) is 0 Å². The van der Waals surface area contributed by atoms with Crippen LogP contribution in [0.5, 0.6) is 0 Å². The molecule has 2 aliphatic carbocycles. The van der Waals surface area contributed by atoms with Gasteiger partial charge >= 0.3 is 0 Å². The first kappa shape index (κ1) is 16.0. The molecule has 3 rings (SSSR count). The third-order valence-electron chi connectivity index (χ3n) is 6.42. The first-order chi connectivity index (χ1) is 10.1. The van der Waals surface area contributed by atoms with Gasteiger partial charge in [-0.05, 0) is 66.5 Å². The van der Waals surface area contributed by atoms with E-state index in [1.165, 1.54) is 24.8 Å². The molecule has 0 bridgehead atoms. The van der Waals surface area contributed by atoms with Gasteiger partial charge in [-0.25, -0.2) is 0 Å². The summed E-state index contributed by atoms with van der Waals surface area (Å²) < 4.78 is 0. The van der Waals surface area contributed by atoms with E-state index < -0.39 is 11.7 Å². The Bertz CT molecular complexity index is 582. The topological polar surface area (TPSA) is 40.5 Å². The second-order valence-electron chi connectivity index (χ2n) is 8.92. The molecule has 2 nitrogen and oxygen atoms in total. The first-order valence-electron chi connectivity index (χ1n) is 8.61. The Morgan fingerprint density at radius 3 is 2.45 bits per heavy atom. The van der Waals surface area contributed by atoms with Gasteiger partial charge in [-0.1, -0.05) is 45.4 Å². The number of aliphatic hydroxyl groups is 2. The third kappa shape index (κ3) is 2.32. The van der Waals surface area contributed by atoms with E-state index in [4.69, 9.17) is 0 Å². The van der Waals surface area contributed by atoms with Crippen molar-refractivity contribution in [1.82, 2.24) is 0 Å². The van der Waals surface area contributed by atoms with Gasteiger partial charge in [-0.3, -0.25) is 0 Å². The minimum Gasteiger partial charge on any atom is -0.388 e. The highest BCUT2D eigenvalue weighted by molar-refractivity contribution is 5.43. The number of hydrogen-bond donors (Lipinski definition) is 2. The van der Waals surface area contributed by atoms with Gasteiger partial charge in [-0.2, -0.15) is 0 Å². The first-order valence-corrected chi connectivity index (χ1v) is 8.61. The largest absolute Gasteiger partial charge is 0.388 e. The summed E-state index contributed by atoms with van der Waals surface area (Å²) in [5.41, 5.74) is 2.79. The smallest absolute Gasteiger partial charge is 0.0840 e. The summed E-state index contributed by atoms with van der Waals surface area (Å²) in [7, 11) is 0. The summed E-state index contributed by atoms with van der Waals surface area (Å²) in [6.07, 6.45) is 4.13. The lowest BCUT2D eigenvalue weighted by atomic mass is 9.50. The molecule has 0 aliphatic heterocycles. The summed E-state index contributed by atoms with van der Waals surface area (Å²) in [4.78, 5) is 0. The van der Waals surface area contributed by atoms with Crippen LogP contribution in [-0.2, 0) is 11.0 Å². The van der Waals surface area contributed by atoms with Crippen molar-refractivity contribution in [2.24, 2.45) is 11.3 Å². The maximum atomic E-state index is 10.8. The third-order valence-corrected chi connectivity index (χ3v) is 6.42. The molecule has 22 heavy (non-hydrogen) atoms. The van der Waals surface area contributed by atoms with Crippen molar-refractivity contribution in [3.05, 3.63) is 34.9 Å². The molecule has 1 unspecified atom stereocenters. The predicted molar refractivity (Wildman–Crippen MR) is 89.7 cm³/mol. The van der Waals surface area contributed by atoms with Gasteiger partial charge in [0, 0.05) is 0 Å². The van der Waals surface area contributed by atoms with Crippen molar-refractivity contribution >= 4 is 0 Å². The number of rotatable bonds is 1. The molecule has 1 aromatic carbocycles. The molecule has 1 aromatic rings. The van der Waals surface area contributed by atoms with Crippen LogP contribution in [0.25, 0.3) is 0 Å². The molecule has 3 atom stereocenters. The molecule has 0 heterocycles. The average molecular weight is 302 g/mol. The molecular weight excluding hydrogens is 272 g/mol. The van der Waals surface area contributed by atoms with Crippen molar-refractivity contribution in [2.45, 2.75) is 77.4 Å². The van der Waals surface area contributed by atoms with Gasteiger partial charge in [-0.15, -0.1) is 0 Å². The molecule has 1 fully saturated rings. The summed E-state index contributed by atoms with van der Waals surface area (Å²) in [6, 6.07) is 6.24. The summed E-state index contributed by atoms with van der Waals surface area (Å²) in [5, 5.41) is 21.0. The van der Waals surface area contributed by atoms with E-state index in [9.17, 15) is 10.2 Å². The minimum atomic E-state index is -0.863. The van der Waals surface area contributed by atoms with Crippen LogP contribution in [0.3, 0.4) is 0 Å². The molecule has 2 heteroatoms. The van der Waals surface area contributed by atoms with E-state index in [0.717, 1.165) is 17.5 Å². The Morgan fingerprint density at radius 1 is 1.14 bits per heavy atom. The second kappa shape index (κ2) is 4.82. The fourth-order valence-corrected chi connectivity index (χ4v) is 5.11. The summed E-state index contributed by atoms with van der Waals surface area (Å²) in [5.74, 6) is 0.518. The molecule has 0 saturated heterocycles. The summed E-state index contributed by atoms with van der Waals surface area (Å²) >= 11 is 0. The number of fused-ring (bicyclic) bond motifs is 3. The Hall–Kier alpha value is -0.860. The van der Waals surface area contributed by atoms with E-state index in [1.54, 1.807) is 13.8 Å². The zero-order valence-electron chi connectivity index (χ0n) is 14.6. The fraction of sp³-hybridized carbons (Fsp3) is 0.700. The van der Waals surface area contributed by atoms with E-state index in [0.29, 0.717) is 5.92 Å². The number of aliphatic hydroxyl groups excluding tert-OH is 1. The Morgan fingerprint density at radius 2 is 1.82 bits per heavy atom. The van der Waals surface area contributed by atoms with Crippen LogP contribution in [0, 0.1) is 11.3 Å². The molecule has 2 N–H and O–H groups in total. The Kier molecular flexibility index (Phi) is 3.51. The number of benzene rings is 1. The molecule has 0 spiro atoms. The van der Waals surface area contributed by atoms with Crippen molar-refractivity contribution in [1.29, 1.82) is 0 Å². The standard InChI is InChI=1S/C20H30O2/c1-18(2)9-6-10-20(5)15-8-7-13(19(3,4)22)11-14(15)16(21)12-17(18)20/h7-8,11,16-17,21-22H,6,9-10,12H2,1-5H3/t16?,17-,20+/m0/s1. The van der Waals surface area contributed by atoms with E-state index in [-0.39, 0.29) is 10.8 Å². The lowest BCUT2D eigenvalue weighted by Crippen LogP contribution is -2.48. The van der Waals surface area contributed by atoms with Crippen molar-refractivity contribution in [3.8, 4) is 0 Å². The van der Waals surface area contributed by atoms with Crippen LogP contribution in [0.15, 0.2) is 18.2 Å². The molecule has 0 aromatic heterocycles. The fourth-order valence-electron chi connectivity index (χ4n) is 5.11. The van der Waals surface area contributed by atoms with Crippen LogP contribution < -0.4 is 0 Å². The average Bonchev–Trinajstić information content (AvgIpc) is 2.40. The monoisotopic (exact) mass is 302 g/mol. The van der Waals surface area contributed by atoms with Gasteiger partial charge in [0.2, 0.25) is 0 Å². The lowest BCUT2D eigenvalue weighted by molar-refractivity contribution is -0.00708. The van der Waals surface area contributed by atoms with E-state index in [2.05, 4.69) is 26.8 Å². The SMILES string of the molecule is CC(C)(O)c1ccc2c(c1)C(O)C[C@H]1C(C)(C)CCC[C@]21C. The van der Waals surface area contributed by atoms with Gasteiger partial charge < -0.3 is 10.2 Å². The van der Waals surface area contributed by atoms with Crippen LogP contribution in [0.2, 0.25) is 0 Å². The molecule has 0 radical (unpaired) electrons.